The molecule has 0 spiro atoms. The number of hydrogen-bond acceptors (Lipinski definition) is 3. The highest BCUT2D eigenvalue weighted by Gasteiger charge is 2.45. The maximum atomic E-state index is 12.7. The van der Waals surface area contributed by atoms with E-state index in [-0.39, 0.29) is 5.91 Å². The molecule has 1 amide bonds. The van der Waals surface area contributed by atoms with E-state index in [0.717, 1.165) is 5.69 Å². The molecular weight excluding hydrogens is 240 g/mol. The minimum Gasteiger partial charge on any atom is -0.475 e. The highest BCUT2D eigenvalue weighted by atomic mass is 16.5. The molecule has 4 nitrogen and oxygen atoms in total. The van der Waals surface area contributed by atoms with Crippen LogP contribution in [-0.2, 0) is 4.79 Å². The predicted molar refractivity (Wildman–Crippen MR) is 77.3 cm³/mol. The third-order valence-electron chi connectivity index (χ3n) is 3.67. The zero-order valence-corrected chi connectivity index (χ0v) is 11.5. The van der Waals surface area contributed by atoms with E-state index < -0.39 is 5.60 Å². The zero-order chi connectivity index (χ0) is 14.0. The molecule has 1 aromatic carbocycles. The van der Waals surface area contributed by atoms with Gasteiger partial charge in [0.1, 0.15) is 5.75 Å². The van der Waals surface area contributed by atoms with E-state index in [1.165, 1.54) is 0 Å². The second kappa shape index (κ2) is 4.96. The van der Waals surface area contributed by atoms with Crippen LogP contribution in [-0.4, -0.2) is 18.1 Å². The van der Waals surface area contributed by atoms with Gasteiger partial charge in [-0.05, 0) is 25.0 Å². The Labute approximate surface area is 113 Å². The van der Waals surface area contributed by atoms with E-state index in [1.807, 2.05) is 19.9 Å². The second-order valence-electron chi connectivity index (χ2n) is 4.74. The fraction of sp³-hybridized carbons (Fsp3) is 0.400. The van der Waals surface area contributed by atoms with Gasteiger partial charge in [0, 0.05) is 18.3 Å². The molecule has 0 fully saturated rings. The number of rotatable bonds is 4. The first-order valence-corrected chi connectivity index (χ1v) is 6.59. The van der Waals surface area contributed by atoms with E-state index in [9.17, 15) is 4.79 Å². The van der Waals surface area contributed by atoms with Crippen LogP contribution in [0.1, 0.15) is 26.7 Å². The van der Waals surface area contributed by atoms with Gasteiger partial charge < -0.3 is 15.4 Å². The molecule has 0 saturated carbocycles. The van der Waals surface area contributed by atoms with Gasteiger partial charge in [0.25, 0.3) is 5.91 Å². The Bertz CT molecular complexity index is 507. The third kappa shape index (κ3) is 2.07. The van der Waals surface area contributed by atoms with Crippen LogP contribution in [0.5, 0.6) is 5.75 Å². The number of benzene rings is 1. The normalized spacial score (nSPS) is 16.7. The molecule has 2 N–H and O–H groups in total. The first-order chi connectivity index (χ1) is 9.07. The number of amides is 1. The van der Waals surface area contributed by atoms with Crippen molar-refractivity contribution in [3.05, 3.63) is 30.9 Å². The molecule has 1 aromatic rings. The molecule has 102 valence electrons. The van der Waals surface area contributed by atoms with Crippen molar-refractivity contribution in [2.45, 2.75) is 32.3 Å². The first kappa shape index (κ1) is 13.5. The molecular formula is C15H20N2O2. The number of nitrogens with zero attached hydrogens (tertiary/aromatic N) is 1. The highest BCUT2D eigenvalue weighted by Crippen LogP contribution is 2.41. The molecule has 4 heteroatoms. The topological polar surface area (TPSA) is 55.6 Å². The number of nitrogens with two attached hydrogens (primary N) is 1. The van der Waals surface area contributed by atoms with Crippen LogP contribution in [0.3, 0.4) is 0 Å². The summed E-state index contributed by atoms with van der Waals surface area (Å²) in [5, 5.41) is 0. The van der Waals surface area contributed by atoms with Gasteiger partial charge in [-0.3, -0.25) is 4.79 Å². The summed E-state index contributed by atoms with van der Waals surface area (Å²) in [5.74, 6) is 0.667. The average Bonchev–Trinajstić information content (AvgIpc) is 2.42. The minimum absolute atomic E-state index is 0.00493. The number of fused-ring (bicyclic) bond motifs is 1. The number of hydrogen-bond donors (Lipinski definition) is 1. The van der Waals surface area contributed by atoms with Gasteiger partial charge in [-0.1, -0.05) is 19.9 Å². The number of carbonyl (C=O) groups excluding carboxylic acids is 1. The van der Waals surface area contributed by atoms with E-state index in [1.54, 1.807) is 23.1 Å². The van der Waals surface area contributed by atoms with E-state index >= 15 is 0 Å². The summed E-state index contributed by atoms with van der Waals surface area (Å²) in [4.78, 5) is 14.4. The smallest absolute Gasteiger partial charge is 0.271 e. The fourth-order valence-electron chi connectivity index (χ4n) is 2.45. The molecule has 2 rings (SSSR count). The van der Waals surface area contributed by atoms with Crippen molar-refractivity contribution in [3.8, 4) is 5.75 Å². The quantitative estimate of drug-likeness (QED) is 0.669. The maximum Gasteiger partial charge on any atom is 0.271 e. The molecule has 0 radical (unpaired) electrons. The van der Waals surface area contributed by atoms with Gasteiger partial charge in [0.2, 0.25) is 0 Å². The lowest BCUT2D eigenvalue weighted by Gasteiger charge is -2.41. The molecule has 0 aliphatic carbocycles. The van der Waals surface area contributed by atoms with Crippen LogP contribution in [0, 0.1) is 0 Å². The molecule has 0 bridgehead atoms. The van der Waals surface area contributed by atoms with Gasteiger partial charge in [-0.15, -0.1) is 6.58 Å². The molecule has 1 aliphatic rings. The Morgan fingerprint density at radius 2 is 2.11 bits per heavy atom. The molecule has 1 aliphatic heterocycles. The van der Waals surface area contributed by atoms with Crippen molar-refractivity contribution in [3.63, 3.8) is 0 Å². The van der Waals surface area contributed by atoms with Crippen LogP contribution in [0.15, 0.2) is 30.9 Å². The van der Waals surface area contributed by atoms with Crippen molar-refractivity contribution in [2.75, 3.05) is 17.2 Å². The second-order valence-corrected chi connectivity index (χ2v) is 4.74. The van der Waals surface area contributed by atoms with Crippen LogP contribution in [0.2, 0.25) is 0 Å². The van der Waals surface area contributed by atoms with Crippen LogP contribution >= 0.6 is 0 Å². The van der Waals surface area contributed by atoms with Gasteiger partial charge in [0.15, 0.2) is 5.60 Å². The average molecular weight is 260 g/mol. The summed E-state index contributed by atoms with van der Waals surface area (Å²) in [5.41, 5.74) is 6.41. The van der Waals surface area contributed by atoms with E-state index in [2.05, 4.69) is 6.58 Å². The van der Waals surface area contributed by atoms with Crippen molar-refractivity contribution in [1.82, 2.24) is 0 Å². The van der Waals surface area contributed by atoms with Crippen LogP contribution in [0.4, 0.5) is 11.4 Å². The monoisotopic (exact) mass is 260 g/mol. The highest BCUT2D eigenvalue weighted by molar-refractivity contribution is 6.03. The van der Waals surface area contributed by atoms with E-state index in [0.29, 0.717) is 30.8 Å². The van der Waals surface area contributed by atoms with Gasteiger partial charge >= 0.3 is 0 Å². The van der Waals surface area contributed by atoms with E-state index in [4.69, 9.17) is 10.5 Å². The molecule has 1 heterocycles. The summed E-state index contributed by atoms with van der Waals surface area (Å²) < 4.78 is 5.98. The van der Waals surface area contributed by atoms with Gasteiger partial charge in [-0.25, -0.2) is 0 Å². The van der Waals surface area contributed by atoms with Crippen molar-refractivity contribution in [1.29, 1.82) is 0 Å². The van der Waals surface area contributed by atoms with Gasteiger partial charge in [0.05, 0.1) is 5.69 Å². The van der Waals surface area contributed by atoms with Crippen molar-refractivity contribution in [2.24, 2.45) is 0 Å². The fourth-order valence-corrected chi connectivity index (χ4v) is 2.45. The SMILES string of the molecule is C=CCN1C(=O)C(CC)(CC)Oc2cc(N)ccc21. The Kier molecular flexibility index (Phi) is 3.51. The lowest BCUT2D eigenvalue weighted by atomic mass is 9.92. The first-order valence-electron chi connectivity index (χ1n) is 6.59. The number of ether oxygens (including phenoxy) is 1. The Morgan fingerprint density at radius 3 is 2.68 bits per heavy atom. The molecule has 0 atom stereocenters. The van der Waals surface area contributed by atoms with Crippen LogP contribution < -0.4 is 15.4 Å². The third-order valence-corrected chi connectivity index (χ3v) is 3.67. The predicted octanol–water partition coefficient (Wildman–Crippen LogP) is 2.74. The maximum absolute atomic E-state index is 12.7. The summed E-state index contributed by atoms with van der Waals surface area (Å²) >= 11 is 0. The number of nitrogen functional groups attached to an aromatic ring is 1. The summed E-state index contributed by atoms with van der Waals surface area (Å²) in [6, 6.07) is 5.37. The lowest BCUT2D eigenvalue weighted by Crippen LogP contribution is -2.55. The Balaban J connectivity index is 2.55. The number of carbonyl (C=O) groups is 1. The minimum atomic E-state index is -0.788. The Morgan fingerprint density at radius 1 is 1.42 bits per heavy atom. The van der Waals surface area contributed by atoms with Crippen molar-refractivity contribution < 1.29 is 9.53 Å². The molecule has 0 aromatic heterocycles. The summed E-state index contributed by atoms with van der Waals surface area (Å²) in [6.07, 6.45) is 2.98. The summed E-state index contributed by atoms with van der Waals surface area (Å²) in [7, 11) is 0. The Hall–Kier alpha value is -1.97. The molecule has 19 heavy (non-hydrogen) atoms. The zero-order valence-electron chi connectivity index (χ0n) is 11.5. The van der Waals surface area contributed by atoms with Crippen LogP contribution in [0.25, 0.3) is 0 Å². The molecule has 0 saturated heterocycles. The standard InChI is InChI=1S/C15H20N2O2/c1-4-9-17-12-8-7-11(16)10-13(12)19-15(5-2,6-3)14(17)18/h4,7-8,10H,1,5-6,9,16H2,2-3H3. The molecule has 0 unspecified atom stereocenters. The summed E-state index contributed by atoms with van der Waals surface area (Å²) in [6.45, 7) is 8.12. The lowest BCUT2D eigenvalue weighted by molar-refractivity contribution is -0.136. The van der Waals surface area contributed by atoms with Crippen molar-refractivity contribution >= 4 is 17.3 Å². The number of anilines is 2. The largest absolute Gasteiger partial charge is 0.475 e. The van der Waals surface area contributed by atoms with Gasteiger partial charge in [-0.2, -0.15) is 0 Å².